The van der Waals surface area contributed by atoms with Crippen molar-refractivity contribution in [1.29, 1.82) is 0 Å². The van der Waals surface area contributed by atoms with Gasteiger partial charge in [0.05, 0.1) is 6.04 Å². The first kappa shape index (κ1) is 9.86. The second-order valence-corrected chi connectivity index (χ2v) is 3.37. The summed E-state index contributed by atoms with van der Waals surface area (Å²) in [7, 11) is 0. The largest absolute Gasteiger partial charge is 0.434 e. The first-order valence-corrected chi connectivity index (χ1v) is 4.87. The van der Waals surface area contributed by atoms with Gasteiger partial charge < -0.3 is 10.2 Å². The van der Waals surface area contributed by atoms with Gasteiger partial charge in [-0.25, -0.2) is 4.98 Å². The fourth-order valence-corrected chi connectivity index (χ4v) is 1.32. The molecule has 2 aromatic rings. The van der Waals surface area contributed by atoms with E-state index in [-0.39, 0.29) is 11.7 Å². The predicted octanol–water partition coefficient (Wildman–Crippen LogP) is 1.75. The quantitative estimate of drug-likeness (QED) is 0.773. The number of carbonyl (C=O) groups is 1. The maximum Gasteiger partial charge on any atom is 0.265 e. The van der Waals surface area contributed by atoms with Crippen LogP contribution in [0, 0.1) is 0 Å². The Kier molecular flexibility index (Phi) is 2.51. The lowest BCUT2D eigenvalue weighted by Crippen LogP contribution is -2.29. The maximum absolute atomic E-state index is 11.7. The van der Waals surface area contributed by atoms with Gasteiger partial charge in [-0.1, -0.05) is 19.1 Å². The Bertz CT molecular complexity index is 457. The van der Waals surface area contributed by atoms with Crippen LogP contribution in [0.25, 0.3) is 11.1 Å². The highest BCUT2D eigenvalue weighted by Gasteiger charge is 2.19. The third-order valence-electron chi connectivity index (χ3n) is 2.28. The van der Waals surface area contributed by atoms with Crippen molar-refractivity contribution in [3.05, 3.63) is 30.2 Å². The second kappa shape index (κ2) is 3.82. The minimum atomic E-state index is -0.530. The monoisotopic (exact) mass is 204 g/mol. The number of rotatable bonds is 3. The van der Waals surface area contributed by atoms with Crippen LogP contribution in [0.2, 0.25) is 0 Å². The molecule has 4 heteroatoms. The van der Waals surface area contributed by atoms with Crippen molar-refractivity contribution in [2.45, 2.75) is 19.4 Å². The molecule has 2 N–H and O–H groups in total. The van der Waals surface area contributed by atoms with E-state index in [4.69, 9.17) is 10.2 Å². The van der Waals surface area contributed by atoms with E-state index in [2.05, 4.69) is 4.98 Å². The van der Waals surface area contributed by atoms with Crippen molar-refractivity contribution in [1.82, 2.24) is 4.98 Å². The topological polar surface area (TPSA) is 69.1 Å². The molecule has 4 nitrogen and oxygen atoms in total. The number of ketones is 1. The molecule has 0 saturated heterocycles. The highest BCUT2D eigenvalue weighted by molar-refractivity contribution is 5.97. The zero-order valence-corrected chi connectivity index (χ0v) is 8.43. The summed E-state index contributed by atoms with van der Waals surface area (Å²) in [4.78, 5) is 15.7. The molecule has 1 unspecified atom stereocenters. The van der Waals surface area contributed by atoms with Crippen LogP contribution in [0.3, 0.4) is 0 Å². The van der Waals surface area contributed by atoms with Crippen molar-refractivity contribution in [2.75, 3.05) is 0 Å². The lowest BCUT2D eigenvalue weighted by molar-refractivity contribution is 0.0927. The number of oxazole rings is 1. The van der Waals surface area contributed by atoms with Crippen molar-refractivity contribution < 1.29 is 9.21 Å². The lowest BCUT2D eigenvalue weighted by atomic mass is 10.1. The van der Waals surface area contributed by atoms with Gasteiger partial charge in [0.2, 0.25) is 5.78 Å². The fraction of sp³-hybridized carbons (Fsp3) is 0.273. The second-order valence-electron chi connectivity index (χ2n) is 3.37. The van der Waals surface area contributed by atoms with Crippen molar-refractivity contribution in [3.8, 4) is 0 Å². The number of hydrogen-bond acceptors (Lipinski definition) is 4. The molecule has 0 amide bonds. The third kappa shape index (κ3) is 1.76. The first-order valence-electron chi connectivity index (χ1n) is 4.87. The number of benzene rings is 1. The standard InChI is InChI=1S/C11H12N2O2/c1-2-7(12)10(14)11-13-8-5-3-4-6-9(8)15-11/h3-7H,2,12H2,1H3. The summed E-state index contributed by atoms with van der Waals surface area (Å²) in [6.45, 7) is 1.85. The summed E-state index contributed by atoms with van der Waals surface area (Å²) in [6.07, 6.45) is 0.581. The number of nitrogens with two attached hydrogens (primary N) is 1. The van der Waals surface area contributed by atoms with Gasteiger partial charge >= 0.3 is 0 Å². The minimum Gasteiger partial charge on any atom is -0.434 e. The van der Waals surface area contributed by atoms with E-state index < -0.39 is 6.04 Å². The van der Waals surface area contributed by atoms with Crippen LogP contribution in [-0.2, 0) is 0 Å². The molecule has 0 aliphatic heterocycles. The Hall–Kier alpha value is -1.68. The summed E-state index contributed by atoms with van der Waals surface area (Å²) in [6, 6.07) is 6.72. The summed E-state index contributed by atoms with van der Waals surface area (Å²) >= 11 is 0. The van der Waals surface area contributed by atoms with E-state index in [1.54, 1.807) is 12.1 Å². The summed E-state index contributed by atoms with van der Waals surface area (Å²) in [5, 5.41) is 0. The Morgan fingerprint density at radius 3 is 2.93 bits per heavy atom. The van der Waals surface area contributed by atoms with Crippen LogP contribution in [0.4, 0.5) is 0 Å². The molecule has 0 fully saturated rings. The fourth-order valence-electron chi connectivity index (χ4n) is 1.32. The molecule has 0 radical (unpaired) electrons. The molecular formula is C11H12N2O2. The van der Waals surface area contributed by atoms with Gasteiger partial charge in [0, 0.05) is 0 Å². The predicted molar refractivity (Wildman–Crippen MR) is 56.6 cm³/mol. The SMILES string of the molecule is CCC(N)C(=O)c1nc2ccccc2o1. The number of carbonyl (C=O) groups excluding carboxylic acids is 1. The molecule has 0 saturated carbocycles. The van der Waals surface area contributed by atoms with E-state index in [0.717, 1.165) is 0 Å². The number of nitrogens with zero attached hydrogens (tertiary/aromatic N) is 1. The van der Waals surface area contributed by atoms with E-state index >= 15 is 0 Å². The van der Waals surface area contributed by atoms with Crippen LogP contribution in [0.5, 0.6) is 0 Å². The molecule has 1 aromatic heterocycles. The molecule has 0 spiro atoms. The molecule has 1 atom stereocenters. The summed E-state index contributed by atoms with van der Waals surface area (Å²) in [5.74, 6) is -0.140. The van der Waals surface area contributed by atoms with Gasteiger partial charge in [0.25, 0.3) is 5.89 Å². The van der Waals surface area contributed by atoms with Crippen molar-refractivity contribution in [3.63, 3.8) is 0 Å². The Morgan fingerprint density at radius 1 is 1.53 bits per heavy atom. The molecule has 0 aliphatic carbocycles. The smallest absolute Gasteiger partial charge is 0.265 e. The Morgan fingerprint density at radius 2 is 2.27 bits per heavy atom. The lowest BCUT2D eigenvalue weighted by Gasteiger charge is -2.02. The van der Waals surface area contributed by atoms with Crippen LogP contribution in [0.15, 0.2) is 28.7 Å². The zero-order valence-electron chi connectivity index (χ0n) is 8.43. The van der Waals surface area contributed by atoms with Gasteiger partial charge in [-0.2, -0.15) is 0 Å². The average Bonchev–Trinajstić information content (AvgIpc) is 2.70. The van der Waals surface area contributed by atoms with Crippen molar-refractivity contribution >= 4 is 16.9 Å². The van der Waals surface area contributed by atoms with Gasteiger partial charge in [0.1, 0.15) is 5.52 Å². The van der Waals surface area contributed by atoms with E-state index in [1.165, 1.54) is 0 Å². The average molecular weight is 204 g/mol. The molecule has 1 aromatic carbocycles. The zero-order chi connectivity index (χ0) is 10.8. The molecule has 0 aliphatic rings. The van der Waals surface area contributed by atoms with Gasteiger partial charge in [-0.05, 0) is 18.6 Å². The van der Waals surface area contributed by atoms with E-state index in [9.17, 15) is 4.79 Å². The van der Waals surface area contributed by atoms with Crippen LogP contribution in [0.1, 0.15) is 24.0 Å². The number of Topliss-reactive ketones (excluding diaryl/α,β-unsaturated/α-hetero) is 1. The number of aromatic nitrogens is 1. The summed E-state index contributed by atoms with van der Waals surface area (Å²) in [5.41, 5.74) is 6.92. The van der Waals surface area contributed by atoms with Gasteiger partial charge in [-0.15, -0.1) is 0 Å². The molecule has 2 rings (SSSR count). The molecular weight excluding hydrogens is 192 g/mol. The maximum atomic E-state index is 11.7. The highest BCUT2D eigenvalue weighted by Crippen LogP contribution is 2.15. The van der Waals surface area contributed by atoms with Gasteiger partial charge in [-0.3, -0.25) is 4.79 Å². The molecule has 15 heavy (non-hydrogen) atoms. The van der Waals surface area contributed by atoms with Gasteiger partial charge in [0.15, 0.2) is 5.58 Å². The van der Waals surface area contributed by atoms with Crippen LogP contribution >= 0.6 is 0 Å². The number of para-hydroxylation sites is 2. The van der Waals surface area contributed by atoms with Crippen LogP contribution < -0.4 is 5.73 Å². The third-order valence-corrected chi connectivity index (χ3v) is 2.28. The molecule has 78 valence electrons. The Labute approximate surface area is 87.1 Å². The highest BCUT2D eigenvalue weighted by atomic mass is 16.4. The summed E-state index contributed by atoms with van der Waals surface area (Å²) < 4.78 is 5.31. The molecule has 1 heterocycles. The Balaban J connectivity index is 2.41. The number of fused-ring (bicyclic) bond motifs is 1. The minimum absolute atomic E-state index is 0.102. The van der Waals surface area contributed by atoms with Crippen LogP contribution in [-0.4, -0.2) is 16.8 Å². The normalized spacial score (nSPS) is 12.9. The van der Waals surface area contributed by atoms with E-state index in [1.807, 2.05) is 19.1 Å². The van der Waals surface area contributed by atoms with Crippen molar-refractivity contribution in [2.24, 2.45) is 5.73 Å². The first-order chi connectivity index (χ1) is 7.22. The van der Waals surface area contributed by atoms with E-state index in [0.29, 0.717) is 17.5 Å². The molecule has 0 bridgehead atoms. The number of hydrogen-bond donors (Lipinski definition) is 1.